The van der Waals surface area contributed by atoms with Gasteiger partial charge in [0.25, 0.3) is 0 Å². The predicted molar refractivity (Wildman–Crippen MR) is 57.9 cm³/mol. The Balaban J connectivity index is 1.89. The average molecular weight is 216 g/mol. The number of rotatable bonds is 2. The molecular weight excluding hydrogens is 204 g/mol. The Labute approximate surface area is 93.4 Å². The number of benzene rings is 1. The van der Waals surface area contributed by atoms with Gasteiger partial charge in [-0.05, 0) is 17.7 Å². The van der Waals surface area contributed by atoms with Crippen LogP contribution in [-0.2, 0) is 16.0 Å². The summed E-state index contributed by atoms with van der Waals surface area (Å²) in [5.41, 5.74) is -0.427. The molecule has 1 fully saturated rings. The Morgan fingerprint density at radius 3 is 2.81 bits per heavy atom. The lowest BCUT2D eigenvalue weighted by Gasteiger charge is -2.25. The summed E-state index contributed by atoms with van der Waals surface area (Å²) in [6.07, 6.45) is 3.03. The summed E-state index contributed by atoms with van der Waals surface area (Å²) in [7, 11) is 0. The van der Waals surface area contributed by atoms with Gasteiger partial charge in [0.15, 0.2) is 11.4 Å². The Morgan fingerprint density at radius 2 is 2.06 bits per heavy atom. The predicted octanol–water partition coefficient (Wildman–Crippen LogP) is 0.867. The first-order chi connectivity index (χ1) is 7.70. The Bertz CT molecular complexity index is 452. The van der Waals surface area contributed by atoms with Gasteiger partial charge in [-0.2, -0.15) is 0 Å². The first kappa shape index (κ1) is 9.75. The maximum Gasteiger partial charge on any atom is 0.190 e. The van der Waals surface area contributed by atoms with Crippen LogP contribution in [0, 0.1) is 0 Å². The summed E-state index contributed by atoms with van der Waals surface area (Å²) in [6.45, 7) is 0. The molecule has 16 heavy (non-hydrogen) atoms. The maximum atomic E-state index is 11.7. The van der Waals surface area contributed by atoms with Crippen molar-refractivity contribution in [1.29, 1.82) is 0 Å². The van der Waals surface area contributed by atoms with Gasteiger partial charge in [0.05, 0.1) is 0 Å². The molecule has 0 saturated carbocycles. The first-order valence-corrected chi connectivity index (χ1v) is 5.34. The van der Waals surface area contributed by atoms with Gasteiger partial charge in [-0.25, -0.2) is 0 Å². The lowest BCUT2D eigenvalue weighted by Crippen LogP contribution is -2.47. The molecule has 82 valence electrons. The number of hydrogen-bond acceptors (Lipinski definition) is 3. The van der Waals surface area contributed by atoms with Crippen LogP contribution >= 0.6 is 0 Å². The van der Waals surface area contributed by atoms with Crippen molar-refractivity contribution in [2.24, 2.45) is 0 Å². The van der Waals surface area contributed by atoms with Gasteiger partial charge in [-0.1, -0.05) is 30.3 Å². The van der Waals surface area contributed by atoms with Crippen LogP contribution in [0.25, 0.3) is 0 Å². The quantitative estimate of drug-likeness (QED) is 0.746. The first-order valence-electron chi connectivity index (χ1n) is 5.34. The summed E-state index contributed by atoms with van der Waals surface area (Å²) >= 11 is 0. The lowest BCUT2D eigenvalue weighted by atomic mass is 9.83. The molecule has 1 aliphatic heterocycles. The van der Waals surface area contributed by atoms with E-state index >= 15 is 0 Å². The molecule has 1 N–H and O–H groups in total. The van der Waals surface area contributed by atoms with E-state index in [1.165, 1.54) is 6.08 Å². The molecule has 0 bridgehead atoms. The molecule has 2 aliphatic rings. The summed E-state index contributed by atoms with van der Waals surface area (Å²) in [6, 6.07) is 9.51. The second kappa shape index (κ2) is 3.27. The van der Waals surface area contributed by atoms with Crippen LogP contribution in [0.15, 0.2) is 42.5 Å². The third-order valence-corrected chi connectivity index (χ3v) is 3.18. The van der Waals surface area contributed by atoms with E-state index in [0.29, 0.717) is 6.42 Å². The van der Waals surface area contributed by atoms with Crippen molar-refractivity contribution in [3.8, 4) is 0 Å². The van der Waals surface area contributed by atoms with E-state index in [1.807, 2.05) is 30.3 Å². The molecule has 1 heterocycles. The summed E-state index contributed by atoms with van der Waals surface area (Å²) in [5, 5.41) is 10.4. The van der Waals surface area contributed by atoms with Crippen LogP contribution in [0.2, 0.25) is 0 Å². The minimum atomic E-state index is -1.37. The van der Waals surface area contributed by atoms with Crippen molar-refractivity contribution in [1.82, 2.24) is 0 Å². The standard InChI is InChI=1S/C13H12O3/c14-11-7-6-10-12(16-10)13(11,15)8-9-4-2-1-3-5-9/h1-7,10,12,15H,8H2/t10-,12-,13+/m0/s1. The molecule has 3 heteroatoms. The fourth-order valence-electron chi connectivity index (χ4n) is 2.22. The molecule has 3 nitrogen and oxygen atoms in total. The molecule has 1 aliphatic carbocycles. The highest BCUT2D eigenvalue weighted by molar-refractivity contribution is 5.99. The van der Waals surface area contributed by atoms with Gasteiger partial charge in [0.2, 0.25) is 0 Å². The smallest absolute Gasteiger partial charge is 0.190 e. The van der Waals surface area contributed by atoms with E-state index in [1.54, 1.807) is 6.08 Å². The molecule has 0 aromatic heterocycles. The van der Waals surface area contributed by atoms with Crippen molar-refractivity contribution < 1.29 is 14.6 Å². The van der Waals surface area contributed by atoms with Crippen LogP contribution in [0.1, 0.15) is 5.56 Å². The Morgan fingerprint density at radius 1 is 1.31 bits per heavy atom. The molecule has 1 saturated heterocycles. The molecule has 0 spiro atoms. The van der Waals surface area contributed by atoms with Crippen LogP contribution in [-0.4, -0.2) is 28.7 Å². The molecule has 0 unspecified atom stereocenters. The van der Waals surface area contributed by atoms with E-state index in [9.17, 15) is 9.90 Å². The average Bonchev–Trinajstić information content (AvgIpc) is 3.06. The minimum absolute atomic E-state index is 0.0774. The summed E-state index contributed by atoms with van der Waals surface area (Å²) in [4.78, 5) is 11.7. The fourth-order valence-corrected chi connectivity index (χ4v) is 2.22. The van der Waals surface area contributed by atoms with Crippen LogP contribution in [0.3, 0.4) is 0 Å². The SMILES string of the molecule is O=C1C=C[C@@H]2O[C@@H]2[C@@]1(O)Cc1ccccc1. The maximum absolute atomic E-state index is 11.7. The largest absolute Gasteiger partial charge is 0.378 e. The van der Waals surface area contributed by atoms with Gasteiger partial charge < -0.3 is 9.84 Å². The van der Waals surface area contributed by atoms with Gasteiger partial charge in [0, 0.05) is 6.42 Å². The number of epoxide rings is 1. The highest BCUT2D eigenvalue weighted by Gasteiger charge is 2.58. The minimum Gasteiger partial charge on any atom is -0.378 e. The van der Waals surface area contributed by atoms with E-state index in [0.717, 1.165) is 5.56 Å². The number of hydrogen-bond donors (Lipinski definition) is 1. The van der Waals surface area contributed by atoms with E-state index in [-0.39, 0.29) is 18.0 Å². The van der Waals surface area contributed by atoms with Crippen molar-refractivity contribution in [2.75, 3.05) is 0 Å². The molecular formula is C13H12O3. The van der Waals surface area contributed by atoms with Crippen LogP contribution in [0.4, 0.5) is 0 Å². The monoisotopic (exact) mass is 216 g/mol. The van der Waals surface area contributed by atoms with Crippen LogP contribution < -0.4 is 0 Å². The molecule has 0 amide bonds. The number of carbonyl (C=O) groups is 1. The zero-order valence-corrected chi connectivity index (χ0v) is 8.67. The second-order valence-corrected chi connectivity index (χ2v) is 4.33. The normalized spacial score (nSPS) is 35.9. The number of fused-ring (bicyclic) bond motifs is 1. The molecule has 3 rings (SSSR count). The van der Waals surface area contributed by atoms with E-state index < -0.39 is 5.60 Å². The van der Waals surface area contributed by atoms with Crippen molar-refractivity contribution >= 4 is 5.78 Å². The number of ether oxygens (including phenoxy) is 1. The summed E-state index contributed by atoms with van der Waals surface area (Å²) in [5.74, 6) is -0.255. The van der Waals surface area contributed by atoms with E-state index in [2.05, 4.69) is 0 Å². The lowest BCUT2D eigenvalue weighted by molar-refractivity contribution is -0.134. The number of carbonyl (C=O) groups excluding carboxylic acids is 1. The third kappa shape index (κ3) is 1.40. The molecule has 3 atom stereocenters. The zero-order chi connectivity index (χ0) is 11.2. The van der Waals surface area contributed by atoms with Crippen molar-refractivity contribution in [3.05, 3.63) is 48.0 Å². The van der Waals surface area contributed by atoms with Crippen LogP contribution in [0.5, 0.6) is 0 Å². The van der Waals surface area contributed by atoms with E-state index in [4.69, 9.17) is 4.74 Å². The molecule has 1 aromatic rings. The third-order valence-electron chi connectivity index (χ3n) is 3.18. The van der Waals surface area contributed by atoms with Gasteiger partial charge in [0.1, 0.15) is 12.2 Å². The highest BCUT2D eigenvalue weighted by atomic mass is 16.6. The second-order valence-electron chi connectivity index (χ2n) is 4.33. The highest BCUT2D eigenvalue weighted by Crippen LogP contribution is 2.39. The molecule has 1 aromatic carbocycles. The number of ketones is 1. The van der Waals surface area contributed by atoms with Gasteiger partial charge in [-0.3, -0.25) is 4.79 Å². The van der Waals surface area contributed by atoms with Gasteiger partial charge >= 0.3 is 0 Å². The Kier molecular flexibility index (Phi) is 1.99. The molecule has 0 radical (unpaired) electrons. The Hall–Kier alpha value is -1.45. The van der Waals surface area contributed by atoms with Crippen molar-refractivity contribution in [2.45, 2.75) is 24.2 Å². The topological polar surface area (TPSA) is 49.8 Å². The summed E-state index contributed by atoms with van der Waals surface area (Å²) < 4.78 is 5.28. The fraction of sp³-hybridized carbons (Fsp3) is 0.308. The zero-order valence-electron chi connectivity index (χ0n) is 8.67. The van der Waals surface area contributed by atoms with Gasteiger partial charge in [-0.15, -0.1) is 0 Å². The number of aliphatic hydroxyl groups is 1. The van der Waals surface area contributed by atoms with Crippen molar-refractivity contribution in [3.63, 3.8) is 0 Å².